The Morgan fingerprint density at radius 1 is 1.16 bits per heavy atom. The molecule has 0 bridgehead atoms. The third-order valence-corrected chi connectivity index (χ3v) is 5.69. The van der Waals surface area contributed by atoms with Crippen LogP contribution in [0.5, 0.6) is 0 Å². The summed E-state index contributed by atoms with van der Waals surface area (Å²) in [4.78, 5) is 19.0. The number of thioether (sulfide) groups is 1. The molecule has 0 radical (unpaired) electrons. The van der Waals surface area contributed by atoms with Crippen LogP contribution in [0.25, 0.3) is 17.4 Å². The van der Waals surface area contributed by atoms with Crippen molar-refractivity contribution in [3.05, 3.63) is 51.0 Å². The lowest BCUT2D eigenvalue weighted by atomic mass is 10.2. The predicted molar refractivity (Wildman–Crippen MR) is 103 cm³/mol. The molecule has 0 atom stereocenters. The van der Waals surface area contributed by atoms with E-state index in [0.29, 0.717) is 26.5 Å². The van der Waals surface area contributed by atoms with Crippen LogP contribution in [0.1, 0.15) is 18.6 Å². The molecule has 128 valence electrons. The van der Waals surface area contributed by atoms with E-state index in [1.165, 1.54) is 11.8 Å². The molecular formula is C18H14Cl2N2O2S. The van der Waals surface area contributed by atoms with Gasteiger partial charge in [-0.2, -0.15) is 4.99 Å². The molecular weight excluding hydrogens is 379 g/mol. The van der Waals surface area contributed by atoms with Crippen LogP contribution in [0.3, 0.4) is 0 Å². The van der Waals surface area contributed by atoms with Crippen molar-refractivity contribution in [3.8, 4) is 11.3 Å². The standard InChI is InChI=1S/C18H14Cl2N2O2S/c19-11-3-5-14(20)13(9-11)15-6-4-12(24-15)10-16-17(23)21-18(25-16)22-7-1-2-8-22/h3-6,9-10H,1-2,7-8H2/b16-10-. The summed E-state index contributed by atoms with van der Waals surface area (Å²) in [6.07, 6.45) is 4.02. The average Bonchev–Trinajstić information content (AvgIpc) is 3.32. The molecule has 0 saturated carbocycles. The number of carbonyl (C=O) groups excluding carboxylic acids is 1. The van der Waals surface area contributed by atoms with Crippen LogP contribution in [-0.2, 0) is 4.79 Å². The number of hydrogen-bond donors (Lipinski definition) is 0. The number of halogens is 2. The van der Waals surface area contributed by atoms with Gasteiger partial charge in [-0.3, -0.25) is 4.79 Å². The molecule has 0 unspecified atom stereocenters. The Kier molecular flexibility index (Phi) is 4.63. The summed E-state index contributed by atoms with van der Waals surface area (Å²) in [6, 6.07) is 8.83. The third kappa shape index (κ3) is 3.50. The van der Waals surface area contributed by atoms with Crippen molar-refractivity contribution in [2.75, 3.05) is 13.1 Å². The SMILES string of the molecule is O=C1N=C(N2CCCC2)S/C1=C\c1ccc(-c2cc(Cl)ccc2Cl)o1. The highest BCUT2D eigenvalue weighted by Crippen LogP contribution is 2.35. The summed E-state index contributed by atoms with van der Waals surface area (Å²) in [5.74, 6) is 0.973. The van der Waals surface area contributed by atoms with Crippen molar-refractivity contribution in [3.63, 3.8) is 0 Å². The molecule has 1 amide bonds. The van der Waals surface area contributed by atoms with Gasteiger partial charge in [-0.1, -0.05) is 23.2 Å². The Morgan fingerprint density at radius 3 is 2.76 bits per heavy atom. The van der Waals surface area contributed by atoms with E-state index in [0.717, 1.165) is 36.7 Å². The highest BCUT2D eigenvalue weighted by atomic mass is 35.5. The number of likely N-dealkylation sites (tertiary alicyclic amines) is 1. The minimum absolute atomic E-state index is 0.217. The zero-order valence-corrected chi connectivity index (χ0v) is 15.5. The molecule has 1 aromatic heterocycles. The van der Waals surface area contributed by atoms with Crippen molar-refractivity contribution >= 4 is 52.1 Å². The number of carbonyl (C=O) groups is 1. The summed E-state index contributed by atoms with van der Waals surface area (Å²) in [5.41, 5.74) is 0.721. The van der Waals surface area contributed by atoms with Gasteiger partial charge in [-0.15, -0.1) is 0 Å². The Hall–Kier alpha value is -1.69. The number of benzene rings is 1. The molecule has 0 aliphatic carbocycles. The van der Waals surface area contributed by atoms with Crippen molar-refractivity contribution in [2.45, 2.75) is 12.8 Å². The van der Waals surface area contributed by atoms with E-state index in [2.05, 4.69) is 9.89 Å². The van der Waals surface area contributed by atoms with Gasteiger partial charge in [0, 0.05) is 29.8 Å². The summed E-state index contributed by atoms with van der Waals surface area (Å²) in [6.45, 7) is 1.93. The first-order valence-corrected chi connectivity index (χ1v) is 9.50. The van der Waals surface area contributed by atoms with Crippen molar-refractivity contribution in [2.24, 2.45) is 4.99 Å². The van der Waals surface area contributed by atoms with Gasteiger partial charge in [0.15, 0.2) is 5.17 Å². The normalized spacial score (nSPS) is 19.1. The van der Waals surface area contributed by atoms with E-state index in [1.807, 2.05) is 6.07 Å². The molecule has 3 heterocycles. The first-order chi connectivity index (χ1) is 12.1. The Labute approximate surface area is 159 Å². The highest BCUT2D eigenvalue weighted by molar-refractivity contribution is 8.18. The van der Waals surface area contributed by atoms with Crippen LogP contribution in [0.2, 0.25) is 10.0 Å². The monoisotopic (exact) mass is 392 g/mol. The van der Waals surface area contributed by atoms with E-state index in [4.69, 9.17) is 27.6 Å². The van der Waals surface area contributed by atoms with Crippen molar-refractivity contribution in [1.29, 1.82) is 0 Å². The van der Waals surface area contributed by atoms with Crippen molar-refractivity contribution in [1.82, 2.24) is 4.90 Å². The lowest BCUT2D eigenvalue weighted by Crippen LogP contribution is -2.23. The molecule has 0 spiro atoms. The van der Waals surface area contributed by atoms with Gasteiger partial charge in [-0.25, -0.2) is 0 Å². The van der Waals surface area contributed by atoms with E-state index in [9.17, 15) is 4.79 Å². The number of hydrogen-bond acceptors (Lipinski definition) is 4. The summed E-state index contributed by atoms with van der Waals surface area (Å²) >= 11 is 13.6. The Morgan fingerprint density at radius 2 is 1.96 bits per heavy atom. The van der Waals surface area contributed by atoms with Gasteiger partial charge in [-0.05, 0) is 54.9 Å². The second-order valence-electron chi connectivity index (χ2n) is 5.83. The second-order valence-corrected chi connectivity index (χ2v) is 7.68. The van der Waals surface area contributed by atoms with E-state index in [-0.39, 0.29) is 5.91 Å². The van der Waals surface area contributed by atoms with Gasteiger partial charge in [0.2, 0.25) is 0 Å². The lowest BCUT2D eigenvalue weighted by Gasteiger charge is -2.14. The van der Waals surface area contributed by atoms with Crippen LogP contribution in [0, 0.1) is 0 Å². The van der Waals surface area contributed by atoms with E-state index < -0.39 is 0 Å². The maximum Gasteiger partial charge on any atom is 0.286 e. The number of rotatable bonds is 2. The fraction of sp³-hybridized carbons (Fsp3) is 0.222. The van der Waals surface area contributed by atoms with Crippen LogP contribution < -0.4 is 0 Å². The van der Waals surface area contributed by atoms with Crippen molar-refractivity contribution < 1.29 is 9.21 Å². The molecule has 1 saturated heterocycles. The summed E-state index contributed by atoms with van der Waals surface area (Å²) in [5, 5.41) is 1.93. The molecule has 1 aromatic carbocycles. The van der Waals surface area contributed by atoms with E-state index >= 15 is 0 Å². The van der Waals surface area contributed by atoms with Gasteiger partial charge in [0.25, 0.3) is 5.91 Å². The first kappa shape index (κ1) is 16.8. The van der Waals surface area contributed by atoms with Gasteiger partial charge < -0.3 is 9.32 Å². The quantitative estimate of drug-likeness (QED) is 0.648. The lowest BCUT2D eigenvalue weighted by molar-refractivity contribution is -0.113. The van der Waals surface area contributed by atoms with Crippen LogP contribution in [-0.4, -0.2) is 29.1 Å². The molecule has 1 fully saturated rings. The molecule has 2 aromatic rings. The highest BCUT2D eigenvalue weighted by Gasteiger charge is 2.27. The molecule has 2 aliphatic heterocycles. The Bertz CT molecular complexity index is 898. The zero-order chi connectivity index (χ0) is 17.4. The van der Waals surface area contributed by atoms with Gasteiger partial charge >= 0.3 is 0 Å². The number of amides is 1. The Balaban J connectivity index is 1.56. The van der Waals surface area contributed by atoms with E-state index in [1.54, 1.807) is 30.3 Å². The van der Waals surface area contributed by atoms with Gasteiger partial charge in [0.1, 0.15) is 11.5 Å². The second kappa shape index (κ2) is 6.90. The molecule has 4 nitrogen and oxygen atoms in total. The predicted octanol–water partition coefficient (Wildman–Crippen LogP) is 5.32. The fourth-order valence-electron chi connectivity index (χ4n) is 2.83. The molecule has 0 N–H and O–H groups in total. The smallest absolute Gasteiger partial charge is 0.286 e. The number of aliphatic imine (C=N–C) groups is 1. The van der Waals surface area contributed by atoms with Crippen LogP contribution >= 0.6 is 35.0 Å². The first-order valence-electron chi connectivity index (χ1n) is 7.93. The fourth-order valence-corrected chi connectivity index (χ4v) is 4.16. The minimum atomic E-state index is -0.217. The van der Waals surface area contributed by atoms with Crippen LogP contribution in [0.15, 0.2) is 44.6 Å². The molecule has 2 aliphatic rings. The summed E-state index contributed by atoms with van der Waals surface area (Å²) < 4.78 is 5.83. The molecule has 4 rings (SSSR count). The number of furan rings is 1. The zero-order valence-electron chi connectivity index (χ0n) is 13.2. The minimum Gasteiger partial charge on any atom is -0.457 e. The number of nitrogens with zero attached hydrogens (tertiary/aromatic N) is 2. The molecule has 7 heteroatoms. The molecule has 25 heavy (non-hydrogen) atoms. The van der Waals surface area contributed by atoms with Gasteiger partial charge in [0.05, 0.1) is 9.93 Å². The average molecular weight is 393 g/mol. The van der Waals surface area contributed by atoms with Crippen LogP contribution in [0.4, 0.5) is 0 Å². The maximum absolute atomic E-state index is 12.1. The third-order valence-electron chi connectivity index (χ3n) is 4.08. The summed E-state index contributed by atoms with van der Waals surface area (Å²) in [7, 11) is 0. The number of amidine groups is 1. The topological polar surface area (TPSA) is 45.8 Å². The largest absolute Gasteiger partial charge is 0.457 e. The maximum atomic E-state index is 12.1.